The summed E-state index contributed by atoms with van der Waals surface area (Å²) in [5, 5.41) is 2.10. The molecule has 32 heavy (non-hydrogen) atoms. The summed E-state index contributed by atoms with van der Waals surface area (Å²) in [6.45, 7) is 1.80. The first-order valence-corrected chi connectivity index (χ1v) is 12.3. The van der Waals surface area contributed by atoms with Gasteiger partial charge in [0.2, 0.25) is 16.0 Å². The number of guanidine groups is 1. The number of hydrogen-bond donors (Lipinski definition) is 2. The fourth-order valence-corrected chi connectivity index (χ4v) is 6.63. The summed E-state index contributed by atoms with van der Waals surface area (Å²) < 4.78 is 33.3. The molecule has 0 bridgehead atoms. The number of methoxy groups -OCH3 is 1. The van der Waals surface area contributed by atoms with Crippen LogP contribution in [0.4, 0.5) is 5.69 Å². The van der Waals surface area contributed by atoms with Crippen LogP contribution in [-0.2, 0) is 22.0 Å². The van der Waals surface area contributed by atoms with Gasteiger partial charge in [0.1, 0.15) is 10.8 Å². The third-order valence-corrected chi connectivity index (χ3v) is 8.92. The Morgan fingerprint density at radius 3 is 2.84 bits per heavy atom. The van der Waals surface area contributed by atoms with Gasteiger partial charge in [-0.2, -0.15) is 0 Å². The fraction of sp³-hybridized carbons (Fsp3) is 0.381. The lowest BCUT2D eigenvalue weighted by molar-refractivity contribution is 0.101. The zero-order valence-corrected chi connectivity index (χ0v) is 20.3. The number of nitrogens with zero attached hydrogens (tertiary/aromatic N) is 3. The van der Waals surface area contributed by atoms with Gasteiger partial charge in [0.05, 0.1) is 7.11 Å². The Hall–Kier alpha value is -2.66. The Morgan fingerprint density at radius 1 is 1.38 bits per heavy atom. The van der Waals surface area contributed by atoms with Crippen LogP contribution in [0.3, 0.4) is 0 Å². The fourth-order valence-electron chi connectivity index (χ4n) is 4.41. The summed E-state index contributed by atoms with van der Waals surface area (Å²) in [7, 11) is -0.779. The van der Waals surface area contributed by atoms with Crippen molar-refractivity contribution in [3.8, 4) is 5.75 Å². The number of carbonyl (C=O) groups is 1. The number of aromatic nitrogens is 1. The number of hydrogen-bond acceptors (Lipinski definition) is 7. The molecule has 0 saturated carbocycles. The third kappa shape index (κ3) is 3.62. The van der Waals surface area contributed by atoms with E-state index in [1.165, 1.54) is 20.4 Å². The Labute approximate surface area is 195 Å². The van der Waals surface area contributed by atoms with Crippen LogP contribution in [0.15, 0.2) is 39.9 Å². The number of halogens is 1. The van der Waals surface area contributed by atoms with Gasteiger partial charge in [0, 0.05) is 23.4 Å². The topological polar surface area (TPSA) is 127 Å². The lowest BCUT2D eigenvalue weighted by Crippen LogP contribution is -2.56. The number of pyridine rings is 1. The maximum atomic E-state index is 13.1. The van der Waals surface area contributed by atoms with E-state index in [9.17, 15) is 13.2 Å². The smallest absolute Gasteiger partial charge is 0.278 e. The third-order valence-electron chi connectivity index (χ3n) is 6.12. The summed E-state index contributed by atoms with van der Waals surface area (Å²) in [6.07, 6.45) is 3.41. The molecule has 0 spiro atoms. The zero-order valence-electron chi connectivity index (χ0n) is 17.9. The van der Waals surface area contributed by atoms with E-state index in [-0.39, 0.29) is 11.7 Å². The Morgan fingerprint density at radius 2 is 2.12 bits per heavy atom. The van der Waals surface area contributed by atoms with Crippen molar-refractivity contribution in [2.24, 2.45) is 10.7 Å². The van der Waals surface area contributed by atoms with Crippen molar-refractivity contribution in [2.75, 3.05) is 19.5 Å². The first kappa shape index (κ1) is 22.5. The molecule has 2 atom stereocenters. The van der Waals surface area contributed by atoms with Crippen molar-refractivity contribution in [3.05, 3.63) is 51.8 Å². The minimum absolute atomic E-state index is 0.0464. The molecule has 2 aromatic rings. The standard InChI is InChI=1S/C21H24BrN5O4S/c1-21-15-10-14(25-19(28)18-16(31-3)9-13(22)11-24-18)8-7-12(15)5-4-6-17(21)32(29,30)27(2)20(23)26-21/h7-11,17H,4-6H2,1-3H3,(H2,23,26)(H,25,28)/t17-,21+/m0/s1. The predicted octanol–water partition coefficient (Wildman–Crippen LogP) is 2.62. The number of benzene rings is 1. The summed E-state index contributed by atoms with van der Waals surface area (Å²) in [4.78, 5) is 21.7. The molecular weight excluding hydrogens is 498 g/mol. The molecule has 0 saturated heterocycles. The van der Waals surface area contributed by atoms with Gasteiger partial charge in [-0.3, -0.25) is 4.79 Å². The SMILES string of the molecule is COc1cc(Br)cnc1C(=O)Nc1ccc2c(c1)[C@@]1(C)N=C(N)N(C)S(=O)(=O)[C@H]1CCC2. The van der Waals surface area contributed by atoms with Gasteiger partial charge in [-0.05, 0) is 71.4 Å². The van der Waals surface area contributed by atoms with E-state index < -0.39 is 26.7 Å². The maximum absolute atomic E-state index is 13.1. The Kier molecular flexibility index (Phi) is 5.66. The molecule has 1 aliphatic heterocycles. The average molecular weight is 522 g/mol. The normalized spacial score (nSPS) is 23.9. The molecule has 3 N–H and O–H groups in total. The van der Waals surface area contributed by atoms with E-state index in [0.29, 0.717) is 35.2 Å². The number of nitrogens with one attached hydrogen (secondary N) is 1. The molecule has 1 aromatic carbocycles. The van der Waals surface area contributed by atoms with Gasteiger partial charge in [-0.1, -0.05) is 6.07 Å². The number of nitrogens with two attached hydrogens (primary N) is 1. The highest BCUT2D eigenvalue weighted by Crippen LogP contribution is 2.44. The maximum Gasteiger partial charge on any atom is 0.278 e. The molecule has 4 rings (SSSR count). The van der Waals surface area contributed by atoms with Gasteiger partial charge in [-0.15, -0.1) is 0 Å². The second-order valence-corrected chi connectivity index (χ2v) is 11.1. The van der Waals surface area contributed by atoms with Gasteiger partial charge in [-0.25, -0.2) is 22.7 Å². The van der Waals surface area contributed by atoms with E-state index in [2.05, 4.69) is 31.2 Å². The minimum atomic E-state index is -3.67. The van der Waals surface area contributed by atoms with Crippen molar-refractivity contribution in [3.63, 3.8) is 0 Å². The van der Waals surface area contributed by atoms with Crippen molar-refractivity contribution in [1.29, 1.82) is 0 Å². The van der Waals surface area contributed by atoms with Crippen LogP contribution < -0.4 is 15.8 Å². The summed E-state index contributed by atoms with van der Waals surface area (Å²) in [5.74, 6) is -0.157. The van der Waals surface area contributed by atoms with E-state index >= 15 is 0 Å². The van der Waals surface area contributed by atoms with Gasteiger partial charge in [0.15, 0.2) is 11.4 Å². The number of sulfonamides is 1. The van der Waals surface area contributed by atoms with Crippen molar-refractivity contribution in [2.45, 2.75) is 37.0 Å². The van der Waals surface area contributed by atoms with Crippen molar-refractivity contribution < 1.29 is 17.9 Å². The van der Waals surface area contributed by atoms with Crippen LogP contribution in [-0.4, -0.2) is 49.0 Å². The second kappa shape index (κ2) is 8.04. The highest BCUT2D eigenvalue weighted by molar-refractivity contribution is 9.10. The van der Waals surface area contributed by atoms with Crippen LogP contribution in [0.5, 0.6) is 5.75 Å². The average Bonchev–Trinajstić information content (AvgIpc) is 2.89. The number of amides is 1. The second-order valence-electron chi connectivity index (χ2n) is 8.04. The molecular formula is C21H24BrN5O4S. The van der Waals surface area contributed by atoms with Crippen LogP contribution in [0.25, 0.3) is 0 Å². The van der Waals surface area contributed by atoms with Gasteiger partial charge < -0.3 is 15.8 Å². The summed E-state index contributed by atoms with van der Waals surface area (Å²) in [6, 6.07) is 7.14. The van der Waals surface area contributed by atoms with Crippen LogP contribution in [0.2, 0.25) is 0 Å². The lowest BCUT2D eigenvalue weighted by Gasteiger charge is -2.41. The molecule has 1 aromatic heterocycles. The molecule has 11 heteroatoms. The minimum Gasteiger partial charge on any atom is -0.494 e. The van der Waals surface area contributed by atoms with E-state index in [4.69, 9.17) is 10.5 Å². The first-order chi connectivity index (χ1) is 15.1. The van der Waals surface area contributed by atoms with E-state index in [1.54, 1.807) is 25.1 Å². The molecule has 170 valence electrons. The lowest BCUT2D eigenvalue weighted by atomic mass is 9.86. The van der Waals surface area contributed by atoms with Crippen LogP contribution >= 0.6 is 15.9 Å². The van der Waals surface area contributed by atoms with E-state index in [0.717, 1.165) is 15.4 Å². The van der Waals surface area contributed by atoms with Crippen LogP contribution in [0, 0.1) is 0 Å². The molecule has 1 aliphatic carbocycles. The Balaban J connectivity index is 1.76. The number of aryl methyl sites for hydroxylation is 1. The zero-order chi connectivity index (χ0) is 23.3. The van der Waals surface area contributed by atoms with Gasteiger partial charge >= 0.3 is 0 Å². The quantitative estimate of drug-likeness (QED) is 0.638. The van der Waals surface area contributed by atoms with Crippen molar-refractivity contribution in [1.82, 2.24) is 9.29 Å². The number of aliphatic imine (C=N–C) groups is 1. The number of rotatable bonds is 3. The van der Waals surface area contributed by atoms with E-state index in [1.807, 2.05) is 6.07 Å². The highest BCUT2D eigenvalue weighted by Gasteiger charge is 2.51. The molecule has 0 radical (unpaired) electrons. The first-order valence-electron chi connectivity index (χ1n) is 10.1. The monoisotopic (exact) mass is 521 g/mol. The molecule has 0 fully saturated rings. The summed E-state index contributed by atoms with van der Waals surface area (Å²) in [5.41, 5.74) is 7.31. The van der Waals surface area contributed by atoms with Gasteiger partial charge in [0.25, 0.3) is 5.91 Å². The number of ether oxygens (including phenoxy) is 1. The number of anilines is 1. The highest BCUT2D eigenvalue weighted by atomic mass is 79.9. The molecule has 2 aliphatic rings. The van der Waals surface area contributed by atoms with Crippen molar-refractivity contribution >= 4 is 43.5 Å². The Bertz CT molecular complexity index is 1230. The van der Waals surface area contributed by atoms with Crippen LogP contribution in [0.1, 0.15) is 41.4 Å². The molecule has 1 amide bonds. The largest absolute Gasteiger partial charge is 0.494 e. The molecule has 0 unspecified atom stereocenters. The number of carbonyl (C=O) groups excluding carboxylic acids is 1. The predicted molar refractivity (Wildman–Crippen MR) is 125 cm³/mol. The summed E-state index contributed by atoms with van der Waals surface area (Å²) >= 11 is 3.31. The molecule has 2 heterocycles. The molecule has 9 nitrogen and oxygen atoms in total. The number of fused-ring (bicyclic) bond motifs is 3.